The van der Waals surface area contributed by atoms with Gasteiger partial charge in [-0.15, -0.1) is 0 Å². The second-order valence-corrected chi connectivity index (χ2v) is 7.03. The number of hydrogen-bond donors (Lipinski definition) is 0. The molecule has 0 saturated carbocycles. The maximum atomic E-state index is 12.2. The summed E-state index contributed by atoms with van der Waals surface area (Å²) in [6.07, 6.45) is -0.127. The fourth-order valence-electron chi connectivity index (χ4n) is 3.43. The Morgan fingerprint density at radius 2 is 1.76 bits per heavy atom. The Morgan fingerprint density at radius 1 is 1.12 bits per heavy atom. The molecule has 3 rings (SSSR count). The van der Waals surface area contributed by atoms with Crippen LogP contribution >= 0.6 is 0 Å². The minimum Gasteiger partial charge on any atom is -0.460 e. The van der Waals surface area contributed by atoms with Crippen molar-refractivity contribution in [1.29, 1.82) is 0 Å². The van der Waals surface area contributed by atoms with Gasteiger partial charge in [0.2, 0.25) is 6.10 Å². The van der Waals surface area contributed by atoms with Gasteiger partial charge in [0.25, 0.3) is 0 Å². The maximum absolute atomic E-state index is 12.2. The number of esters is 2. The first-order chi connectivity index (χ1) is 11.9. The van der Waals surface area contributed by atoms with Crippen LogP contribution in [0.1, 0.15) is 43.1 Å². The number of benzene rings is 1. The van der Waals surface area contributed by atoms with Gasteiger partial charge in [-0.05, 0) is 38.5 Å². The van der Waals surface area contributed by atoms with Gasteiger partial charge in [-0.2, -0.15) is 0 Å². The van der Waals surface area contributed by atoms with Gasteiger partial charge in [0.1, 0.15) is 6.10 Å². The Hall–Kier alpha value is -1.92. The number of carbonyl (C=O) groups excluding carboxylic acids is 2. The lowest BCUT2D eigenvalue weighted by Crippen LogP contribution is -2.44. The molecule has 0 aromatic heterocycles. The van der Waals surface area contributed by atoms with Crippen molar-refractivity contribution in [3.05, 3.63) is 35.4 Å². The summed E-state index contributed by atoms with van der Waals surface area (Å²) in [7, 11) is 0. The second kappa shape index (κ2) is 7.54. The average molecular weight is 347 g/mol. The van der Waals surface area contributed by atoms with Gasteiger partial charge in [-0.3, -0.25) is 4.90 Å². The van der Waals surface area contributed by atoms with Crippen LogP contribution in [0.3, 0.4) is 0 Å². The molecule has 25 heavy (non-hydrogen) atoms. The third-order valence-corrected chi connectivity index (χ3v) is 4.47. The van der Waals surface area contributed by atoms with Crippen LogP contribution in [-0.4, -0.2) is 54.3 Å². The van der Waals surface area contributed by atoms with E-state index >= 15 is 0 Å². The van der Waals surface area contributed by atoms with Crippen LogP contribution in [0.15, 0.2) is 24.3 Å². The van der Waals surface area contributed by atoms with Crippen molar-refractivity contribution in [1.82, 2.24) is 4.90 Å². The molecule has 0 radical (unpaired) electrons. The summed E-state index contributed by atoms with van der Waals surface area (Å²) in [6.45, 7) is 8.56. The zero-order chi connectivity index (χ0) is 18.0. The quantitative estimate of drug-likeness (QED) is 0.778. The topological polar surface area (TPSA) is 65.1 Å². The number of rotatable bonds is 4. The van der Waals surface area contributed by atoms with Crippen LogP contribution in [-0.2, 0) is 25.5 Å². The first-order valence-corrected chi connectivity index (χ1v) is 8.79. The second-order valence-electron chi connectivity index (χ2n) is 7.03. The molecule has 0 spiro atoms. The highest BCUT2D eigenvalue weighted by atomic mass is 16.6. The molecule has 0 bridgehead atoms. The van der Waals surface area contributed by atoms with Crippen molar-refractivity contribution in [3.63, 3.8) is 0 Å². The van der Waals surface area contributed by atoms with E-state index in [2.05, 4.69) is 18.7 Å². The van der Waals surface area contributed by atoms with E-state index in [0.29, 0.717) is 12.0 Å². The number of cyclic esters (lactones) is 1. The molecule has 2 saturated heterocycles. The third kappa shape index (κ3) is 4.58. The van der Waals surface area contributed by atoms with Crippen molar-refractivity contribution in [3.8, 4) is 0 Å². The van der Waals surface area contributed by atoms with Gasteiger partial charge < -0.3 is 14.2 Å². The highest BCUT2D eigenvalue weighted by Crippen LogP contribution is 2.19. The molecule has 2 heterocycles. The molecule has 0 aliphatic carbocycles. The van der Waals surface area contributed by atoms with Crippen LogP contribution in [0, 0.1) is 0 Å². The molecular weight excluding hydrogens is 322 g/mol. The average Bonchev–Trinajstić information content (AvgIpc) is 2.84. The summed E-state index contributed by atoms with van der Waals surface area (Å²) < 4.78 is 16.0. The fraction of sp³-hybridized carbons (Fsp3) is 0.579. The minimum absolute atomic E-state index is 0.203. The molecular formula is C19H25NO5. The van der Waals surface area contributed by atoms with Gasteiger partial charge in [0.05, 0.1) is 17.8 Å². The van der Waals surface area contributed by atoms with E-state index in [1.54, 1.807) is 19.1 Å². The van der Waals surface area contributed by atoms with E-state index in [-0.39, 0.29) is 18.3 Å². The van der Waals surface area contributed by atoms with Gasteiger partial charge in [0, 0.05) is 26.1 Å². The van der Waals surface area contributed by atoms with E-state index < -0.39 is 18.0 Å². The molecule has 1 aromatic carbocycles. The molecule has 2 aliphatic rings. The predicted octanol–water partition coefficient (Wildman–Crippen LogP) is 2.16. The van der Waals surface area contributed by atoms with Crippen LogP contribution in [0.25, 0.3) is 0 Å². The molecule has 6 heteroatoms. The maximum Gasteiger partial charge on any atom is 0.347 e. The summed E-state index contributed by atoms with van der Waals surface area (Å²) >= 11 is 0. The van der Waals surface area contributed by atoms with Crippen molar-refractivity contribution < 1.29 is 23.8 Å². The molecule has 4 atom stereocenters. The molecule has 136 valence electrons. The van der Waals surface area contributed by atoms with Gasteiger partial charge in [-0.1, -0.05) is 12.1 Å². The van der Waals surface area contributed by atoms with Crippen LogP contribution in [0.2, 0.25) is 0 Å². The molecule has 2 fully saturated rings. The Bertz CT molecular complexity index is 619. The summed E-state index contributed by atoms with van der Waals surface area (Å²) in [5.74, 6) is -0.954. The molecule has 6 nitrogen and oxygen atoms in total. The first-order valence-electron chi connectivity index (χ1n) is 8.79. The molecule has 2 aliphatic heterocycles. The van der Waals surface area contributed by atoms with Crippen LogP contribution < -0.4 is 0 Å². The summed E-state index contributed by atoms with van der Waals surface area (Å²) in [5.41, 5.74) is 1.58. The van der Waals surface area contributed by atoms with Gasteiger partial charge in [-0.25, -0.2) is 9.59 Å². The smallest absolute Gasteiger partial charge is 0.347 e. The van der Waals surface area contributed by atoms with Crippen molar-refractivity contribution >= 4 is 11.9 Å². The summed E-state index contributed by atoms with van der Waals surface area (Å²) in [4.78, 5) is 26.1. The first kappa shape index (κ1) is 17.9. The Labute approximate surface area is 148 Å². The fourth-order valence-corrected chi connectivity index (χ4v) is 3.43. The number of ether oxygens (including phenoxy) is 3. The Kier molecular flexibility index (Phi) is 5.39. The molecule has 0 amide bonds. The molecule has 1 aromatic rings. The molecule has 0 N–H and O–H groups in total. The lowest BCUT2D eigenvalue weighted by Gasteiger charge is -2.35. The lowest BCUT2D eigenvalue weighted by atomic mass is 10.1. The lowest BCUT2D eigenvalue weighted by molar-refractivity contribution is -0.147. The number of nitrogens with zero attached hydrogens (tertiary/aromatic N) is 1. The zero-order valence-electron chi connectivity index (χ0n) is 14.9. The normalized spacial score (nSPS) is 30.1. The van der Waals surface area contributed by atoms with E-state index in [4.69, 9.17) is 14.2 Å². The van der Waals surface area contributed by atoms with E-state index in [1.165, 1.54) is 0 Å². The summed E-state index contributed by atoms with van der Waals surface area (Å²) in [6, 6.07) is 7.34. The molecule has 4 unspecified atom stereocenters. The van der Waals surface area contributed by atoms with Crippen molar-refractivity contribution in [2.24, 2.45) is 0 Å². The number of morpholine rings is 1. The standard InChI is InChI=1S/C19H25NO5/c1-12-8-17(19(22)24-12)25-18(21)16-6-4-15(5-7-16)11-20-9-13(2)23-14(3)10-20/h4-7,12-14,17H,8-11H2,1-3H3. The highest BCUT2D eigenvalue weighted by molar-refractivity contribution is 5.91. The SMILES string of the molecule is CC1CC(OC(=O)c2ccc(CN3CC(C)OC(C)C3)cc2)C(=O)O1. The van der Waals surface area contributed by atoms with E-state index in [1.807, 2.05) is 12.1 Å². The number of hydrogen-bond acceptors (Lipinski definition) is 6. The third-order valence-electron chi connectivity index (χ3n) is 4.47. The van der Waals surface area contributed by atoms with Crippen molar-refractivity contribution in [2.75, 3.05) is 13.1 Å². The number of carbonyl (C=O) groups is 2. The van der Waals surface area contributed by atoms with Crippen LogP contribution in [0.5, 0.6) is 0 Å². The van der Waals surface area contributed by atoms with Crippen LogP contribution in [0.4, 0.5) is 0 Å². The monoisotopic (exact) mass is 347 g/mol. The largest absolute Gasteiger partial charge is 0.460 e. The highest BCUT2D eigenvalue weighted by Gasteiger charge is 2.35. The van der Waals surface area contributed by atoms with Crippen molar-refractivity contribution in [2.45, 2.75) is 58.2 Å². The summed E-state index contributed by atoms with van der Waals surface area (Å²) in [5, 5.41) is 0. The van der Waals surface area contributed by atoms with E-state index in [0.717, 1.165) is 25.2 Å². The minimum atomic E-state index is -0.793. The van der Waals surface area contributed by atoms with E-state index in [9.17, 15) is 9.59 Å². The predicted molar refractivity (Wildman–Crippen MR) is 91.1 cm³/mol. The Morgan fingerprint density at radius 3 is 2.32 bits per heavy atom. The zero-order valence-corrected chi connectivity index (χ0v) is 14.9. The van der Waals surface area contributed by atoms with Gasteiger partial charge >= 0.3 is 11.9 Å². The van der Waals surface area contributed by atoms with Gasteiger partial charge in [0.15, 0.2) is 0 Å². The Balaban J connectivity index is 1.56.